The third-order valence-electron chi connectivity index (χ3n) is 4.31. The van der Waals surface area contributed by atoms with Gasteiger partial charge in [-0.15, -0.1) is 0 Å². The van der Waals surface area contributed by atoms with Gasteiger partial charge in [0.05, 0.1) is 24.1 Å². The van der Waals surface area contributed by atoms with Gasteiger partial charge < -0.3 is 59.2 Å². The van der Waals surface area contributed by atoms with Crippen LogP contribution in [0.3, 0.4) is 0 Å². The largest absolute Gasteiger partial charge is 0.547 e. The van der Waals surface area contributed by atoms with Crippen molar-refractivity contribution in [3.05, 3.63) is 0 Å². The number of ether oxygens (including phenoxy) is 4. The summed E-state index contributed by atoms with van der Waals surface area (Å²) in [5.41, 5.74) is 0. The zero-order valence-corrected chi connectivity index (χ0v) is 13.9. The Kier molecular flexibility index (Phi) is 6.20. The number of methoxy groups -OCH3 is 1. The molecule has 26 heavy (non-hydrogen) atoms. The van der Waals surface area contributed by atoms with Crippen molar-refractivity contribution in [3.63, 3.8) is 0 Å². The highest BCUT2D eigenvalue weighted by Crippen LogP contribution is 2.33. The summed E-state index contributed by atoms with van der Waals surface area (Å²) >= 11 is 0. The van der Waals surface area contributed by atoms with E-state index in [2.05, 4.69) is 0 Å². The number of aliphatic hydroxyl groups excluding tert-OH is 2. The number of aliphatic carboxylic acids is 2. The molecular formula is C14H20O12-2. The lowest BCUT2D eigenvalue weighted by Crippen LogP contribution is -2.71. The summed E-state index contributed by atoms with van der Waals surface area (Å²) in [5, 5.41) is 62.6. The van der Waals surface area contributed by atoms with Crippen molar-refractivity contribution in [3.8, 4) is 0 Å². The van der Waals surface area contributed by atoms with E-state index in [0.29, 0.717) is 0 Å². The Morgan fingerprint density at radius 3 is 2.12 bits per heavy atom. The van der Waals surface area contributed by atoms with E-state index in [1.807, 2.05) is 0 Å². The lowest BCUT2D eigenvalue weighted by molar-refractivity contribution is -0.426. The molecule has 0 amide bonds. The van der Waals surface area contributed by atoms with E-state index >= 15 is 0 Å². The van der Waals surface area contributed by atoms with Crippen molar-refractivity contribution >= 4 is 11.9 Å². The number of rotatable bonds is 5. The Hall–Kier alpha value is -1.38. The molecule has 150 valence electrons. The SMILES string of the molecule is CO[C@@H]1C(C(=O)[O-])O[C@@H](O[C@H]2C(O)C[C@@H](C)O[C@H]2C(=O)[O-])C(O)(O)[C@H]1O. The molecule has 0 spiro atoms. The molecule has 12 heteroatoms. The average molecular weight is 380 g/mol. The zero-order chi connectivity index (χ0) is 19.8. The van der Waals surface area contributed by atoms with Gasteiger partial charge >= 0.3 is 0 Å². The topological polar surface area (TPSA) is 198 Å². The minimum atomic E-state index is -3.19. The molecule has 0 aromatic heterocycles. The monoisotopic (exact) mass is 380 g/mol. The Balaban J connectivity index is 2.27. The summed E-state index contributed by atoms with van der Waals surface area (Å²) in [7, 11) is 0.997. The summed E-state index contributed by atoms with van der Waals surface area (Å²) in [4.78, 5) is 22.4. The summed E-state index contributed by atoms with van der Waals surface area (Å²) in [5.74, 6) is -6.78. The van der Waals surface area contributed by atoms with Crippen molar-refractivity contribution in [1.29, 1.82) is 0 Å². The smallest absolute Gasteiger partial charge is 0.245 e. The fourth-order valence-corrected chi connectivity index (χ4v) is 2.99. The van der Waals surface area contributed by atoms with Crippen LogP contribution < -0.4 is 10.2 Å². The third kappa shape index (κ3) is 3.82. The molecule has 2 aliphatic heterocycles. The standard InChI is InChI=1S/C14H22O12/c1-4-3-5(15)6(8(24-4)11(17)18)25-13-14(21,22)10(16)7(23-2)9(26-13)12(19)20/h4-10,13,15-16,21-22H,3H2,1-2H3,(H,17,18)(H,19,20)/p-2/t4-,5?,6+,7-,8-,9?,10+,13-/m1/s1. The molecular weight excluding hydrogens is 360 g/mol. The predicted octanol–water partition coefficient (Wildman–Crippen LogP) is -5.81. The first-order valence-electron chi connectivity index (χ1n) is 7.72. The lowest BCUT2D eigenvalue weighted by atomic mass is 9.94. The van der Waals surface area contributed by atoms with Gasteiger partial charge in [0, 0.05) is 13.5 Å². The molecule has 0 saturated carbocycles. The van der Waals surface area contributed by atoms with Crippen LogP contribution in [-0.2, 0) is 28.5 Å². The molecule has 0 aromatic carbocycles. The number of aliphatic hydroxyl groups is 4. The lowest BCUT2D eigenvalue weighted by Gasteiger charge is -2.48. The number of carboxylic acids is 2. The number of carboxylic acid groups (broad SMARTS) is 2. The Morgan fingerprint density at radius 2 is 1.62 bits per heavy atom. The van der Waals surface area contributed by atoms with Crippen LogP contribution in [0.15, 0.2) is 0 Å². The van der Waals surface area contributed by atoms with E-state index in [1.54, 1.807) is 0 Å². The normalized spacial score (nSPS) is 43.0. The molecule has 2 fully saturated rings. The van der Waals surface area contributed by atoms with Gasteiger partial charge in [-0.25, -0.2) is 0 Å². The molecule has 2 aliphatic rings. The first kappa shape index (κ1) is 20.9. The second-order valence-corrected chi connectivity index (χ2v) is 6.23. The van der Waals surface area contributed by atoms with Crippen LogP contribution in [0.5, 0.6) is 0 Å². The second kappa shape index (κ2) is 7.70. The van der Waals surface area contributed by atoms with Crippen LogP contribution >= 0.6 is 0 Å². The first-order chi connectivity index (χ1) is 12.0. The van der Waals surface area contributed by atoms with Crippen LogP contribution in [0.2, 0.25) is 0 Å². The van der Waals surface area contributed by atoms with Crippen molar-refractivity contribution in [2.75, 3.05) is 7.11 Å². The van der Waals surface area contributed by atoms with Crippen LogP contribution in [0, 0.1) is 0 Å². The van der Waals surface area contributed by atoms with Gasteiger partial charge in [0.2, 0.25) is 12.1 Å². The molecule has 2 heterocycles. The summed E-state index contributed by atoms with van der Waals surface area (Å²) in [6.45, 7) is 1.49. The van der Waals surface area contributed by atoms with E-state index < -0.39 is 66.7 Å². The fraction of sp³-hybridized carbons (Fsp3) is 0.857. The number of hydrogen-bond acceptors (Lipinski definition) is 12. The van der Waals surface area contributed by atoms with Gasteiger partial charge in [-0.2, -0.15) is 0 Å². The highest BCUT2D eigenvalue weighted by atomic mass is 16.8. The molecule has 0 radical (unpaired) electrons. The number of hydrogen-bond donors (Lipinski definition) is 4. The maximum Gasteiger partial charge on any atom is 0.245 e. The minimum Gasteiger partial charge on any atom is -0.547 e. The van der Waals surface area contributed by atoms with E-state index in [1.165, 1.54) is 6.92 Å². The highest BCUT2D eigenvalue weighted by molar-refractivity contribution is 5.71. The van der Waals surface area contributed by atoms with Gasteiger partial charge in [0.1, 0.15) is 30.5 Å². The molecule has 8 atom stereocenters. The number of carbonyl (C=O) groups is 2. The Labute approximate surface area is 147 Å². The molecule has 2 rings (SSSR count). The quantitative estimate of drug-likeness (QED) is 0.330. The molecule has 2 saturated heterocycles. The van der Waals surface area contributed by atoms with Crippen molar-refractivity contribution in [2.45, 2.75) is 68.1 Å². The second-order valence-electron chi connectivity index (χ2n) is 6.23. The van der Waals surface area contributed by atoms with E-state index in [0.717, 1.165) is 7.11 Å². The van der Waals surface area contributed by atoms with Gasteiger partial charge in [-0.3, -0.25) is 0 Å². The average Bonchev–Trinajstić information content (AvgIpc) is 2.53. The van der Waals surface area contributed by atoms with Crippen LogP contribution in [0.4, 0.5) is 0 Å². The van der Waals surface area contributed by atoms with Gasteiger partial charge in [0.15, 0.2) is 0 Å². The predicted molar refractivity (Wildman–Crippen MR) is 72.5 cm³/mol. The summed E-state index contributed by atoms with van der Waals surface area (Å²) in [6, 6.07) is 0. The van der Waals surface area contributed by atoms with Crippen LogP contribution in [0.25, 0.3) is 0 Å². The van der Waals surface area contributed by atoms with E-state index in [9.17, 15) is 40.2 Å². The fourth-order valence-electron chi connectivity index (χ4n) is 2.99. The third-order valence-corrected chi connectivity index (χ3v) is 4.31. The summed E-state index contributed by atoms with van der Waals surface area (Å²) in [6.07, 6.45) is -13.8. The maximum absolute atomic E-state index is 11.2. The van der Waals surface area contributed by atoms with Crippen LogP contribution in [-0.4, -0.2) is 94.3 Å². The molecule has 0 bridgehead atoms. The first-order valence-corrected chi connectivity index (χ1v) is 7.72. The van der Waals surface area contributed by atoms with Crippen LogP contribution in [0.1, 0.15) is 13.3 Å². The zero-order valence-electron chi connectivity index (χ0n) is 13.9. The highest BCUT2D eigenvalue weighted by Gasteiger charge is 2.57. The van der Waals surface area contributed by atoms with Crippen molar-refractivity contribution in [2.24, 2.45) is 0 Å². The minimum absolute atomic E-state index is 0.0574. The number of carbonyl (C=O) groups excluding carboxylic acids is 2. The molecule has 0 aliphatic carbocycles. The molecule has 2 unspecified atom stereocenters. The molecule has 12 nitrogen and oxygen atoms in total. The van der Waals surface area contributed by atoms with Gasteiger partial charge in [-0.05, 0) is 6.92 Å². The van der Waals surface area contributed by atoms with Crippen molar-refractivity contribution < 1.29 is 59.2 Å². The van der Waals surface area contributed by atoms with Gasteiger partial charge in [0.25, 0.3) is 0 Å². The Morgan fingerprint density at radius 1 is 1.08 bits per heavy atom. The van der Waals surface area contributed by atoms with E-state index in [4.69, 9.17) is 18.9 Å². The maximum atomic E-state index is 11.2. The van der Waals surface area contributed by atoms with E-state index in [-0.39, 0.29) is 6.42 Å². The molecule has 0 aromatic rings. The van der Waals surface area contributed by atoms with Gasteiger partial charge in [-0.1, -0.05) is 0 Å². The Bertz CT molecular complexity index is 536. The summed E-state index contributed by atoms with van der Waals surface area (Å²) < 4.78 is 19.8. The van der Waals surface area contributed by atoms with Crippen molar-refractivity contribution in [1.82, 2.24) is 0 Å². The molecule has 4 N–H and O–H groups in total.